The summed E-state index contributed by atoms with van der Waals surface area (Å²) in [5.41, 5.74) is 8.57. The minimum atomic E-state index is -1.25. The average molecular weight is 538 g/mol. The van der Waals surface area contributed by atoms with Gasteiger partial charge in [0.15, 0.2) is 0 Å². The number of nitrogens with two attached hydrogens (primary N) is 1. The molecule has 0 aliphatic heterocycles. The molecule has 1 aromatic heterocycles. The molecular weight excluding hydrogens is 502 g/mol. The number of hydrogen-bond donors (Lipinski definition) is 7. The number of phenols is 1. The number of aliphatic carboxylic acids is 1. The number of aromatic nitrogens is 1. The number of para-hydroxylation sites is 1. The van der Waals surface area contributed by atoms with Crippen LogP contribution in [0.3, 0.4) is 0 Å². The Morgan fingerprint density at radius 3 is 2.18 bits per heavy atom. The molecule has 39 heavy (non-hydrogen) atoms. The lowest BCUT2D eigenvalue weighted by Gasteiger charge is -2.25. The Balaban J connectivity index is 1.58. The Morgan fingerprint density at radius 1 is 0.872 bits per heavy atom. The van der Waals surface area contributed by atoms with E-state index in [0.29, 0.717) is 5.56 Å². The van der Waals surface area contributed by atoms with Gasteiger partial charge in [0.25, 0.3) is 0 Å². The molecule has 1 heterocycles. The van der Waals surface area contributed by atoms with Crippen LogP contribution in [0.2, 0.25) is 0 Å². The highest BCUT2D eigenvalue weighted by molar-refractivity contribution is 5.94. The highest BCUT2D eigenvalue weighted by Crippen LogP contribution is 2.19. The van der Waals surface area contributed by atoms with Gasteiger partial charge in [0.1, 0.15) is 23.9 Å². The fourth-order valence-corrected chi connectivity index (χ4v) is 4.16. The Hall–Kier alpha value is -4.38. The van der Waals surface area contributed by atoms with E-state index in [0.717, 1.165) is 16.5 Å². The topological polar surface area (TPSA) is 187 Å². The summed E-state index contributed by atoms with van der Waals surface area (Å²) in [6.07, 6.45) is 2.05. The molecule has 0 saturated heterocycles. The maximum atomic E-state index is 13.0. The van der Waals surface area contributed by atoms with Crippen LogP contribution in [0.15, 0.2) is 54.7 Å². The maximum absolute atomic E-state index is 13.0. The van der Waals surface area contributed by atoms with Gasteiger partial charge in [-0.25, -0.2) is 4.79 Å². The molecule has 11 nitrogen and oxygen atoms in total. The number of carboxylic acids is 1. The number of aromatic amines is 1. The lowest BCUT2D eigenvalue weighted by Crippen LogP contribution is -2.58. The molecule has 0 radical (unpaired) electrons. The van der Waals surface area contributed by atoms with Crippen molar-refractivity contribution >= 4 is 34.6 Å². The van der Waals surface area contributed by atoms with Crippen molar-refractivity contribution < 1.29 is 29.4 Å². The van der Waals surface area contributed by atoms with E-state index in [-0.39, 0.29) is 24.5 Å². The van der Waals surface area contributed by atoms with Crippen LogP contribution in [0.1, 0.15) is 31.9 Å². The SMILES string of the molecule is CC(NC(=O)C(NC(=O)C(N)Cc1c[nH]c2ccccc12)C(C)C)C(=O)NC(Cc1ccc(O)cc1)C(=O)O. The molecule has 0 aliphatic carbocycles. The quantitative estimate of drug-likeness (QED) is 0.181. The summed E-state index contributed by atoms with van der Waals surface area (Å²) in [5.74, 6) is -3.31. The third-order valence-electron chi connectivity index (χ3n) is 6.44. The summed E-state index contributed by atoms with van der Waals surface area (Å²) in [6.45, 7) is 4.92. The van der Waals surface area contributed by atoms with Gasteiger partial charge in [-0.2, -0.15) is 0 Å². The van der Waals surface area contributed by atoms with Crippen LogP contribution in [-0.2, 0) is 32.0 Å². The van der Waals surface area contributed by atoms with Crippen LogP contribution >= 0.6 is 0 Å². The summed E-state index contributed by atoms with van der Waals surface area (Å²) in [7, 11) is 0. The first-order valence-electron chi connectivity index (χ1n) is 12.7. The van der Waals surface area contributed by atoms with Crippen LogP contribution in [0.5, 0.6) is 5.75 Å². The second kappa shape index (κ2) is 12.9. The van der Waals surface area contributed by atoms with Gasteiger partial charge in [0.05, 0.1) is 6.04 Å². The fraction of sp³-hybridized carbons (Fsp3) is 0.357. The molecular formula is C28H35N5O6. The van der Waals surface area contributed by atoms with E-state index in [1.165, 1.54) is 19.1 Å². The molecule has 8 N–H and O–H groups in total. The van der Waals surface area contributed by atoms with E-state index < -0.39 is 47.9 Å². The van der Waals surface area contributed by atoms with E-state index >= 15 is 0 Å². The number of benzene rings is 2. The van der Waals surface area contributed by atoms with E-state index in [4.69, 9.17) is 5.73 Å². The van der Waals surface area contributed by atoms with Gasteiger partial charge in [-0.15, -0.1) is 0 Å². The third-order valence-corrected chi connectivity index (χ3v) is 6.44. The van der Waals surface area contributed by atoms with E-state index in [1.54, 1.807) is 32.2 Å². The zero-order chi connectivity index (χ0) is 28.7. The van der Waals surface area contributed by atoms with Gasteiger partial charge in [-0.05, 0) is 48.6 Å². The zero-order valence-corrected chi connectivity index (χ0v) is 22.1. The largest absolute Gasteiger partial charge is 0.508 e. The number of carbonyl (C=O) groups excluding carboxylic acids is 3. The molecule has 0 bridgehead atoms. The summed E-state index contributed by atoms with van der Waals surface area (Å²) < 4.78 is 0. The van der Waals surface area contributed by atoms with Crippen LogP contribution in [0, 0.1) is 5.92 Å². The van der Waals surface area contributed by atoms with Gasteiger partial charge in [0.2, 0.25) is 17.7 Å². The van der Waals surface area contributed by atoms with Crippen molar-refractivity contribution in [3.63, 3.8) is 0 Å². The van der Waals surface area contributed by atoms with Crippen molar-refractivity contribution in [2.75, 3.05) is 0 Å². The van der Waals surface area contributed by atoms with Crippen LogP contribution in [0.25, 0.3) is 10.9 Å². The van der Waals surface area contributed by atoms with Crippen molar-refractivity contribution in [3.05, 3.63) is 65.9 Å². The predicted octanol–water partition coefficient (Wildman–Crippen LogP) is 1.20. The van der Waals surface area contributed by atoms with Gasteiger partial charge < -0.3 is 36.9 Å². The Bertz CT molecular complexity index is 1320. The first kappa shape index (κ1) is 29.2. The van der Waals surface area contributed by atoms with Crippen LogP contribution in [0.4, 0.5) is 0 Å². The van der Waals surface area contributed by atoms with Gasteiger partial charge >= 0.3 is 5.97 Å². The minimum absolute atomic E-state index is 0.0129. The highest BCUT2D eigenvalue weighted by atomic mass is 16.4. The molecule has 208 valence electrons. The Kier molecular flexibility index (Phi) is 9.67. The van der Waals surface area contributed by atoms with Crippen LogP contribution in [-0.4, -0.2) is 63.1 Å². The van der Waals surface area contributed by atoms with Crippen LogP contribution < -0.4 is 21.7 Å². The second-order valence-electron chi connectivity index (χ2n) is 9.90. The number of carbonyl (C=O) groups is 4. The Morgan fingerprint density at radius 2 is 1.54 bits per heavy atom. The second-order valence-corrected chi connectivity index (χ2v) is 9.90. The normalized spacial score (nSPS) is 14.3. The maximum Gasteiger partial charge on any atom is 0.326 e. The van der Waals surface area contributed by atoms with Crippen molar-refractivity contribution in [1.29, 1.82) is 0 Å². The third kappa shape index (κ3) is 7.81. The minimum Gasteiger partial charge on any atom is -0.508 e. The summed E-state index contributed by atoms with van der Waals surface area (Å²) in [4.78, 5) is 53.4. The molecule has 4 atom stereocenters. The Labute approximate surface area is 226 Å². The van der Waals surface area contributed by atoms with Crippen molar-refractivity contribution in [1.82, 2.24) is 20.9 Å². The fourth-order valence-electron chi connectivity index (χ4n) is 4.16. The molecule has 11 heteroatoms. The lowest BCUT2D eigenvalue weighted by molar-refractivity contribution is -0.142. The number of fused-ring (bicyclic) bond motifs is 1. The number of carboxylic acid groups (broad SMARTS) is 1. The molecule has 3 aromatic rings. The van der Waals surface area contributed by atoms with Crippen molar-refractivity contribution in [2.24, 2.45) is 11.7 Å². The monoisotopic (exact) mass is 537 g/mol. The zero-order valence-electron chi connectivity index (χ0n) is 22.1. The number of nitrogens with one attached hydrogen (secondary N) is 4. The molecule has 2 aromatic carbocycles. The average Bonchev–Trinajstić information content (AvgIpc) is 3.30. The number of amides is 3. The van der Waals surface area contributed by atoms with Gasteiger partial charge in [-0.1, -0.05) is 44.2 Å². The van der Waals surface area contributed by atoms with E-state index in [9.17, 15) is 29.4 Å². The molecule has 4 unspecified atom stereocenters. The highest BCUT2D eigenvalue weighted by Gasteiger charge is 2.30. The predicted molar refractivity (Wildman–Crippen MR) is 146 cm³/mol. The van der Waals surface area contributed by atoms with Gasteiger partial charge in [0, 0.05) is 23.5 Å². The van der Waals surface area contributed by atoms with E-state index in [2.05, 4.69) is 20.9 Å². The van der Waals surface area contributed by atoms with Crippen molar-refractivity contribution in [3.8, 4) is 5.75 Å². The first-order chi connectivity index (χ1) is 18.5. The van der Waals surface area contributed by atoms with E-state index in [1.807, 2.05) is 24.3 Å². The standard InChI is InChI=1S/C28H35N5O6/c1-15(2)24(33-26(36)21(29)13-18-14-30-22-7-5-4-6-20(18)22)27(37)31-16(3)25(35)32-23(28(38)39)12-17-8-10-19(34)11-9-17/h4-11,14-16,21,23-24,30,34H,12-13,29H2,1-3H3,(H,31,37)(H,32,35)(H,33,36)(H,38,39). The number of H-pyrrole nitrogens is 1. The first-order valence-corrected chi connectivity index (χ1v) is 12.7. The molecule has 3 amide bonds. The summed E-state index contributed by atoms with van der Waals surface area (Å²) in [5, 5.41) is 27.6. The number of phenolic OH excluding ortho intramolecular Hbond substituents is 1. The molecule has 0 saturated carbocycles. The number of hydrogen-bond acceptors (Lipinski definition) is 6. The number of rotatable bonds is 12. The van der Waals surface area contributed by atoms with Crippen molar-refractivity contribution in [2.45, 2.75) is 57.8 Å². The molecule has 3 rings (SSSR count). The van der Waals surface area contributed by atoms with Gasteiger partial charge in [-0.3, -0.25) is 14.4 Å². The molecule has 0 spiro atoms. The summed E-state index contributed by atoms with van der Waals surface area (Å²) in [6, 6.07) is 9.43. The smallest absolute Gasteiger partial charge is 0.326 e. The number of aromatic hydroxyl groups is 1. The molecule has 0 fully saturated rings. The lowest BCUT2D eigenvalue weighted by atomic mass is 10.0. The summed E-state index contributed by atoms with van der Waals surface area (Å²) >= 11 is 0. The molecule has 0 aliphatic rings.